The average Bonchev–Trinajstić information content (AvgIpc) is 2.46. The molecule has 0 heterocycles. The molecule has 3 heteroatoms. The monoisotopic (exact) mass is 270 g/mol. The zero-order valence-corrected chi connectivity index (χ0v) is 11.5. The topological polar surface area (TPSA) is 46.5 Å². The summed E-state index contributed by atoms with van der Waals surface area (Å²) in [5, 5.41) is 11.3. The minimum atomic E-state index is -0.351. The second kappa shape index (κ2) is 6.87. The largest absolute Gasteiger partial charge is 0.463 e. The molecule has 0 unspecified atom stereocenters. The molecule has 0 aliphatic rings. The fourth-order valence-corrected chi connectivity index (χ4v) is 2.22. The summed E-state index contributed by atoms with van der Waals surface area (Å²) in [5.74, 6) is -0.351. The van der Waals surface area contributed by atoms with Crippen LogP contribution in [-0.2, 0) is 16.0 Å². The van der Waals surface area contributed by atoms with Crippen LogP contribution >= 0.6 is 0 Å². The number of aliphatic hydroxyl groups excluding tert-OH is 1. The molecule has 0 bridgehead atoms. The summed E-state index contributed by atoms with van der Waals surface area (Å²) in [5.41, 5.74) is 1.98. The standard InChI is InChI=1S/C17H18O3/c1-2-20-17(19)10-9-16-14(11-12-18)8-7-13-5-3-4-6-15(13)16/h3-10,18H,2,11-12H2,1H3/b10-9+. The Morgan fingerprint density at radius 3 is 2.80 bits per heavy atom. The Morgan fingerprint density at radius 2 is 2.05 bits per heavy atom. The van der Waals surface area contributed by atoms with E-state index in [0.29, 0.717) is 13.0 Å². The molecule has 2 aromatic carbocycles. The first-order valence-electron chi connectivity index (χ1n) is 6.72. The van der Waals surface area contributed by atoms with E-state index in [1.54, 1.807) is 13.0 Å². The van der Waals surface area contributed by atoms with Crippen LogP contribution in [0.25, 0.3) is 16.8 Å². The molecular formula is C17H18O3. The van der Waals surface area contributed by atoms with Gasteiger partial charge in [0.05, 0.1) is 6.61 Å². The second-order valence-corrected chi connectivity index (χ2v) is 4.42. The van der Waals surface area contributed by atoms with E-state index in [9.17, 15) is 4.79 Å². The Balaban J connectivity index is 2.46. The Labute approximate surface area is 118 Å². The lowest BCUT2D eigenvalue weighted by molar-refractivity contribution is -0.137. The van der Waals surface area contributed by atoms with Gasteiger partial charge < -0.3 is 9.84 Å². The first-order valence-corrected chi connectivity index (χ1v) is 6.72. The normalized spacial score (nSPS) is 11.1. The van der Waals surface area contributed by atoms with Gasteiger partial charge in [-0.15, -0.1) is 0 Å². The number of carbonyl (C=O) groups excluding carboxylic acids is 1. The van der Waals surface area contributed by atoms with Crippen LogP contribution in [0, 0.1) is 0 Å². The zero-order chi connectivity index (χ0) is 14.4. The molecule has 0 saturated carbocycles. The van der Waals surface area contributed by atoms with Crippen molar-refractivity contribution in [1.82, 2.24) is 0 Å². The van der Waals surface area contributed by atoms with Crippen molar-refractivity contribution in [3.63, 3.8) is 0 Å². The first-order chi connectivity index (χ1) is 9.76. The predicted molar refractivity (Wildman–Crippen MR) is 80.4 cm³/mol. The smallest absolute Gasteiger partial charge is 0.330 e. The Hall–Kier alpha value is -2.13. The highest BCUT2D eigenvalue weighted by molar-refractivity contribution is 5.95. The summed E-state index contributed by atoms with van der Waals surface area (Å²) in [6.45, 7) is 2.22. The van der Waals surface area contributed by atoms with Crippen LogP contribution in [0.5, 0.6) is 0 Å². The summed E-state index contributed by atoms with van der Waals surface area (Å²) in [7, 11) is 0. The van der Waals surface area contributed by atoms with Gasteiger partial charge in [0.25, 0.3) is 0 Å². The van der Waals surface area contributed by atoms with Crippen molar-refractivity contribution in [3.8, 4) is 0 Å². The molecule has 0 atom stereocenters. The van der Waals surface area contributed by atoms with Gasteiger partial charge in [-0.1, -0.05) is 36.4 Å². The quantitative estimate of drug-likeness (QED) is 0.671. The number of esters is 1. The summed E-state index contributed by atoms with van der Waals surface area (Å²) >= 11 is 0. The first kappa shape index (κ1) is 14.3. The molecule has 0 fully saturated rings. The van der Waals surface area contributed by atoms with Crippen molar-refractivity contribution in [2.75, 3.05) is 13.2 Å². The zero-order valence-electron chi connectivity index (χ0n) is 11.5. The van der Waals surface area contributed by atoms with Crippen LogP contribution in [0.4, 0.5) is 0 Å². The third-order valence-corrected chi connectivity index (χ3v) is 3.11. The van der Waals surface area contributed by atoms with E-state index >= 15 is 0 Å². The molecule has 0 aliphatic heterocycles. The number of hydrogen-bond donors (Lipinski definition) is 1. The van der Waals surface area contributed by atoms with Gasteiger partial charge in [-0.2, -0.15) is 0 Å². The maximum absolute atomic E-state index is 11.5. The molecule has 0 radical (unpaired) electrons. The predicted octanol–water partition coefficient (Wildman–Crippen LogP) is 2.95. The number of hydrogen-bond acceptors (Lipinski definition) is 3. The fourth-order valence-electron chi connectivity index (χ4n) is 2.22. The highest BCUT2D eigenvalue weighted by Crippen LogP contribution is 2.24. The van der Waals surface area contributed by atoms with Crippen molar-refractivity contribution in [1.29, 1.82) is 0 Å². The van der Waals surface area contributed by atoms with E-state index < -0.39 is 0 Å². The van der Waals surface area contributed by atoms with E-state index in [0.717, 1.165) is 21.9 Å². The number of carbonyl (C=O) groups is 1. The lowest BCUT2D eigenvalue weighted by Crippen LogP contribution is -2.00. The Bertz CT molecular complexity index is 629. The number of rotatable bonds is 5. The molecule has 0 aromatic heterocycles. The molecular weight excluding hydrogens is 252 g/mol. The lowest BCUT2D eigenvalue weighted by Gasteiger charge is -2.09. The minimum absolute atomic E-state index is 0.0819. The summed E-state index contributed by atoms with van der Waals surface area (Å²) < 4.78 is 4.90. The number of benzene rings is 2. The van der Waals surface area contributed by atoms with Crippen LogP contribution in [0.2, 0.25) is 0 Å². The van der Waals surface area contributed by atoms with Gasteiger partial charge in [-0.3, -0.25) is 0 Å². The summed E-state index contributed by atoms with van der Waals surface area (Å²) in [6.07, 6.45) is 3.77. The van der Waals surface area contributed by atoms with Gasteiger partial charge in [-0.25, -0.2) is 4.79 Å². The number of fused-ring (bicyclic) bond motifs is 1. The van der Waals surface area contributed by atoms with Gasteiger partial charge in [0.15, 0.2) is 0 Å². The second-order valence-electron chi connectivity index (χ2n) is 4.42. The van der Waals surface area contributed by atoms with E-state index in [2.05, 4.69) is 0 Å². The molecule has 0 aliphatic carbocycles. The van der Waals surface area contributed by atoms with E-state index in [4.69, 9.17) is 9.84 Å². The number of aliphatic hydroxyl groups is 1. The van der Waals surface area contributed by atoms with Crippen LogP contribution in [0.15, 0.2) is 42.5 Å². The van der Waals surface area contributed by atoms with Gasteiger partial charge in [-0.05, 0) is 41.3 Å². The van der Waals surface area contributed by atoms with Gasteiger partial charge in [0.2, 0.25) is 0 Å². The molecule has 0 amide bonds. The van der Waals surface area contributed by atoms with Crippen LogP contribution in [-0.4, -0.2) is 24.3 Å². The SMILES string of the molecule is CCOC(=O)/C=C/c1c(CCO)ccc2ccccc12. The highest BCUT2D eigenvalue weighted by atomic mass is 16.5. The molecule has 3 nitrogen and oxygen atoms in total. The molecule has 2 aromatic rings. The molecule has 104 valence electrons. The van der Waals surface area contributed by atoms with Crippen molar-refractivity contribution < 1.29 is 14.6 Å². The van der Waals surface area contributed by atoms with Crippen LogP contribution in [0.1, 0.15) is 18.1 Å². The van der Waals surface area contributed by atoms with Crippen LogP contribution < -0.4 is 0 Å². The van der Waals surface area contributed by atoms with E-state index in [1.807, 2.05) is 36.4 Å². The molecule has 0 spiro atoms. The average molecular weight is 270 g/mol. The van der Waals surface area contributed by atoms with Crippen LogP contribution in [0.3, 0.4) is 0 Å². The molecule has 20 heavy (non-hydrogen) atoms. The summed E-state index contributed by atoms with van der Waals surface area (Å²) in [6, 6.07) is 12.0. The number of ether oxygens (including phenoxy) is 1. The van der Waals surface area contributed by atoms with Crippen molar-refractivity contribution in [2.45, 2.75) is 13.3 Å². The third kappa shape index (κ3) is 3.25. The summed E-state index contributed by atoms with van der Waals surface area (Å²) in [4.78, 5) is 11.5. The van der Waals surface area contributed by atoms with Crippen molar-refractivity contribution in [2.24, 2.45) is 0 Å². The Kier molecular flexibility index (Phi) is 4.91. The maximum atomic E-state index is 11.5. The molecule has 2 rings (SSSR count). The van der Waals surface area contributed by atoms with Crippen molar-refractivity contribution >= 4 is 22.8 Å². The third-order valence-electron chi connectivity index (χ3n) is 3.11. The molecule has 0 saturated heterocycles. The highest BCUT2D eigenvalue weighted by Gasteiger charge is 2.05. The fraction of sp³-hybridized carbons (Fsp3) is 0.235. The molecule has 1 N–H and O–H groups in total. The van der Waals surface area contributed by atoms with Gasteiger partial charge >= 0.3 is 5.97 Å². The minimum Gasteiger partial charge on any atom is -0.463 e. The van der Waals surface area contributed by atoms with E-state index in [1.165, 1.54) is 6.08 Å². The van der Waals surface area contributed by atoms with E-state index in [-0.39, 0.29) is 12.6 Å². The Morgan fingerprint density at radius 1 is 1.25 bits per heavy atom. The van der Waals surface area contributed by atoms with Gasteiger partial charge in [0.1, 0.15) is 0 Å². The van der Waals surface area contributed by atoms with Gasteiger partial charge in [0, 0.05) is 12.7 Å². The lowest BCUT2D eigenvalue weighted by atomic mass is 9.97. The maximum Gasteiger partial charge on any atom is 0.330 e. The van der Waals surface area contributed by atoms with Crippen molar-refractivity contribution in [3.05, 3.63) is 53.6 Å².